The lowest BCUT2D eigenvalue weighted by molar-refractivity contribution is -0.124. The monoisotopic (exact) mass is 284 g/mol. The van der Waals surface area contributed by atoms with Crippen LogP contribution in [0.3, 0.4) is 0 Å². The number of nitrogens with two attached hydrogens (primary N) is 2. The topological polar surface area (TPSA) is 78.3 Å². The summed E-state index contributed by atoms with van der Waals surface area (Å²) in [6.07, 6.45) is 0.843. The number of para-hydroxylation sites is 1. The Balaban J connectivity index is 2.24. The van der Waals surface area contributed by atoms with E-state index in [2.05, 4.69) is 0 Å². The van der Waals surface area contributed by atoms with Crippen molar-refractivity contribution in [2.75, 3.05) is 6.61 Å². The van der Waals surface area contributed by atoms with Crippen LogP contribution >= 0.6 is 0 Å². The summed E-state index contributed by atoms with van der Waals surface area (Å²) in [4.78, 5) is 11.8. The Morgan fingerprint density at radius 3 is 2.33 bits per heavy atom. The minimum atomic E-state index is -1.35. The molecule has 0 radical (unpaired) electrons. The normalized spacial score (nSPS) is 13.4. The van der Waals surface area contributed by atoms with Gasteiger partial charge in [-0.25, -0.2) is 0 Å². The summed E-state index contributed by atoms with van der Waals surface area (Å²) in [5.41, 5.74) is 12.1. The molecule has 0 saturated carbocycles. The average Bonchev–Trinajstić information content (AvgIpc) is 2.53. The van der Waals surface area contributed by atoms with Crippen molar-refractivity contribution in [1.29, 1.82) is 0 Å². The van der Waals surface area contributed by atoms with Gasteiger partial charge in [-0.1, -0.05) is 55.5 Å². The molecule has 0 aliphatic heterocycles. The first kappa shape index (κ1) is 15.1. The second-order valence-corrected chi connectivity index (χ2v) is 4.95. The summed E-state index contributed by atoms with van der Waals surface area (Å²) in [5.74, 6) is 0.120. The van der Waals surface area contributed by atoms with Crippen LogP contribution in [0.15, 0.2) is 54.6 Å². The molecule has 21 heavy (non-hydrogen) atoms. The molecule has 0 saturated heterocycles. The van der Waals surface area contributed by atoms with Gasteiger partial charge >= 0.3 is 0 Å². The van der Waals surface area contributed by atoms with Crippen molar-refractivity contribution >= 4 is 5.91 Å². The van der Waals surface area contributed by atoms with Crippen molar-refractivity contribution in [3.63, 3.8) is 0 Å². The maximum atomic E-state index is 11.8. The van der Waals surface area contributed by atoms with E-state index in [9.17, 15) is 4.79 Å². The zero-order chi connectivity index (χ0) is 15.3. The number of aryl methyl sites for hydroxylation is 1. The maximum absolute atomic E-state index is 11.8. The van der Waals surface area contributed by atoms with E-state index in [0.717, 1.165) is 17.7 Å². The van der Waals surface area contributed by atoms with Crippen LogP contribution in [0.2, 0.25) is 0 Å². The van der Waals surface area contributed by atoms with Crippen LogP contribution in [-0.4, -0.2) is 12.5 Å². The number of benzene rings is 2. The number of hydrogen-bond donors (Lipinski definition) is 2. The average molecular weight is 284 g/mol. The second kappa shape index (κ2) is 6.41. The molecule has 0 spiro atoms. The second-order valence-electron chi connectivity index (χ2n) is 4.95. The summed E-state index contributed by atoms with van der Waals surface area (Å²) >= 11 is 0. The Morgan fingerprint density at radius 1 is 1.10 bits per heavy atom. The predicted molar refractivity (Wildman–Crippen MR) is 82.8 cm³/mol. The third-order valence-corrected chi connectivity index (χ3v) is 3.54. The van der Waals surface area contributed by atoms with E-state index in [0.29, 0.717) is 5.56 Å². The third kappa shape index (κ3) is 3.23. The van der Waals surface area contributed by atoms with E-state index in [1.807, 2.05) is 49.4 Å². The largest absolute Gasteiger partial charge is 0.490 e. The molecule has 1 unspecified atom stereocenters. The molecule has 2 aromatic rings. The minimum Gasteiger partial charge on any atom is -0.490 e. The Morgan fingerprint density at radius 2 is 1.71 bits per heavy atom. The van der Waals surface area contributed by atoms with Crippen LogP contribution < -0.4 is 16.2 Å². The lowest BCUT2D eigenvalue weighted by Gasteiger charge is -2.27. The van der Waals surface area contributed by atoms with E-state index in [1.165, 1.54) is 0 Å². The molecule has 0 bridgehead atoms. The van der Waals surface area contributed by atoms with Crippen LogP contribution in [0.25, 0.3) is 0 Å². The van der Waals surface area contributed by atoms with Crippen molar-refractivity contribution in [3.05, 3.63) is 65.7 Å². The van der Waals surface area contributed by atoms with Gasteiger partial charge in [0, 0.05) is 0 Å². The van der Waals surface area contributed by atoms with Gasteiger partial charge in [0.1, 0.15) is 12.4 Å². The summed E-state index contributed by atoms with van der Waals surface area (Å²) < 4.78 is 5.78. The Labute approximate surface area is 124 Å². The number of rotatable bonds is 6. The Bertz CT molecular complexity index is 613. The van der Waals surface area contributed by atoms with Crippen molar-refractivity contribution < 1.29 is 9.53 Å². The molecular weight excluding hydrogens is 264 g/mol. The molecular formula is C17H20N2O2. The number of primary amides is 1. The molecule has 0 heterocycles. The fourth-order valence-electron chi connectivity index (χ4n) is 2.16. The van der Waals surface area contributed by atoms with Crippen LogP contribution in [0, 0.1) is 0 Å². The number of amides is 1. The zero-order valence-electron chi connectivity index (χ0n) is 12.1. The molecule has 0 fully saturated rings. The van der Waals surface area contributed by atoms with E-state index < -0.39 is 11.4 Å². The van der Waals surface area contributed by atoms with Gasteiger partial charge in [0.25, 0.3) is 0 Å². The van der Waals surface area contributed by atoms with Gasteiger partial charge in [-0.05, 0) is 23.6 Å². The fourth-order valence-corrected chi connectivity index (χ4v) is 2.16. The fraction of sp³-hybridized carbons (Fsp3) is 0.235. The zero-order valence-corrected chi connectivity index (χ0v) is 12.1. The van der Waals surface area contributed by atoms with E-state index in [4.69, 9.17) is 16.2 Å². The van der Waals surface area contributed by atoms with E-state index in [-0.39, 0.29) is 6.61 Å². The summed E-state index contributed by atoms with van der Waals surface area (Å²) in [5, 5.41) is 0. The molecule has 2 aromatic carbocycles. The number of carbonyl (C=O) groups is 1. The van der Waals surface area contributed by atoms with Crippen LogP contribution in [0.1, 0.15) is 18.1 Å². The van der Waals surface area contributed by atoms with Crippen molar-refractivity contribution in [1.82, 2.24) is 0 Å². The lowest BCUT2D eigenvalue weighted by Crippen LogP contribution is -2.53. The standard InChI is InChI=1S/C17H20N2O2/c1-2-13-8-6-7-11-15(13)21-12-17(19,16(18)20)14-9-4-3-5-10-14/h3-11H,2,12,19H2,1H3,(H2,18,20). The number of carbonyl (C=O) groups excluding carboxylic acids is 1. The summed E-state index contributed by atoms with van der Waals surface area (Å²) in [6, 6.07) is 16.7. The first-order valence-corrected chi connectivity index (χ1v) is 6.93. The van der Waals surface area contributed by atoms with Crippen molar-refractivity contribution in [2.45, 2.75) is 18.9 Å². The molecule has 0 aliphatic rings. The molecule has 1 amide bonds. The van der Waals surface area contributed by atoms with Gasteiger partial charge in [-0.2, -0.15) is 0 Å². The molecule has 0 aromatic heterocycles. The molecule has 0 aliphatic carbocycles. The van der Waals surface area contributed by atoms with Crippen LogP contribution in [-0.2, 0) is 16.8 Å². The van der Waals surface area contributed by atoms with Gasteiger partial charge in [-0.3, -0.25) is 4.79 Å². The summed E-state index contributed by atoms with van der Waals surface area (Å²) in [6.45, 7) is 2.05. The highest BCUT2D eigenvalue weighted by Gasteiger charge is 2.35. The van der Waals surface area contributed by atoms with Gasteiger partial charge in [-0.15, -0.1) is 0 Å². The minimum absolute atomic E-state index is 0.00333. The van der Waals surface area contributed by atoms with Crippen molar-refractivity contribution in [3.8, 4) is 5.75 Å². The third-order valence-electron chi connectivity index (χ3n) is 3.54. The molecule has 4 heteroatoms. The van der Waals surface area contributed by atoms with Gasteiger partial charge in [0.2, 0.25) is 5.91 Å². The first-order chi connectivity index (χ1) is 10.1. The first-order valence-electron chi connectivity index (χ1n) is 6.93. The van der Waals surface area contributed by atoms with Gasteiger partial charge in [0.05, 0.1) is 0 Å². The quantitative estimate of drug-likeness (QED) is 0.851. The Hall–Kier alpha value is -2.33. The van der Waals surface area contributed by atoms with E-state index in [1.54, 1.807) is 12.1 Å². The highest BCUT2D eigenvalue weighted by molar-refractivity contribution is 5.86. The summed E-state index contributed by atoms with van der Waals surface area (Å²) in [7, 11) is 0. The maximum Gasteiger partial charge on any atom is 0.245 e. The molecule has 2 rings (SSSR count). The predicted octanol–water partition coefficient (Wildman–Crippen LogP) is 1.97. The van der Waals surface area contributed by atoms with Crippen molar-refractivity contribution in [2.24, 2.45) is 11.5 Å². The van der Waals surface area contributed by atoms with Gasteiger partial charge in [0.15, 0.2) is 5.54 Å². The SMILES string of the molecule is CCc1ccccc1OCC(N)(C(N)=O)c1ccccc1. The highest BCUT2D eigenvalue weighted by atomic mass is 16.5. The molecule has 4 nitrogen and oxygen atoms in total. The van der Waals surface area contributed by atoms with Crippen LogP contribution in [0.5, 0.6) is 5.75 Å². The lowest BCUT2D eigenvalue weighted by atomic mass is 9.91. The molecule has 1 atom stereocenters. The van der Waals surface area contributed by atoms with Crippen LogP contribution in [0.4, 0.5) is 0 Å². The smallest absolute Gasteiger partial charge is 0.245 e. The Kier molecular flexibility index (Phi) is 4.60. The number of hydrogen-bond acceptors (Lipinski definition) is 3. The van der Waals surface area contributed by atoms with Gasteiger partial charge < -0.3 is 16.2 Å². The highest BCUT2D eigenvalue weighted by Crippen LogP contribution is 2.23. The number of ether oxygens (including phenoxy) is 1. The molecule has 110 valence electrons. The molecule has 4 N–H and O–H groups in total. The van der Waals surface area contributed by atoms with E-state index >= 15 is 0 Å².